The van der Waals surface area contributed by atoms with Crippen LogP contribution in [0.25, 0.3) is 0 Å². The normalized spacial score (nSPS) is 11.9. The number of hydrogen-bond donors (Lipinski definition) is 0. The zero-order valence-corrected chi connectivity index (χ0v) is 13.0. The summed E-state index contributed by atoms with van der Waals surface area (Å²) in [7, 11) is 4.07. The minimum atomic E-state index is 0.501. The third-order valence-corrected chi connectivity index (χ3v) is 3.90. The van der Waals surface area contributed by atoms with E-state index in [1.165, 1.54) is 38.5 Å². The Hall–Kier alpha value is -0.630. The molecule has 0 fully saturated rings. The van der Waals surface area contributed by atoms with E-state index in [1.807, 2.05) is 26.2 Å². The van der Waals surface area contributed by atoms with Gasteiger partial charge in [0.15, 0.2) is 0 Å². The lowest BCUT2D eigenvalue weighted by Gasteiger charge is -2.22. The van der Waals surface area contributed by atoms with Crippen molar-refractivity contribution >= 4 is 17.2 Å². The summed E-state index contributed by atoms with van der Waals surface area (Å²) in [5.41, 5.74) is 0. The van der Waals surface area contributed by atoms with Crippen molar-refractivity contribution in [3.05, 3.63) is 25.3 Å². The first-order valence-electron chi connectivity index (χ1n) is 7.06. The predicted octanol–water partition coefficient (Wildman–Crippen LogP) is 4.98. The minimum Gasteiger partial charge on any atom is -0.372 e. The average Bonchev–Trinajstić information content (AvgIpc) is 2.35. The van der Waals surface area contributed by atoms with Gasteiger partial charge in [-0.2, -0.15) is 0 Å². The molecule has 0 aliphatic rings. The highest BCUT2D eigenvalue weighted by Crippen LogP contribution is 2.18. The van der Waals surface area contributed by atoms with Crippen LogP contribution in [0, 0.1) is 5.92 Å². The molecule has 0 radical (unpaired) electrons. The van der Waals surface area contributed by atoms with Crippen molar-refractivity contribution in [1.82, 2.24) is 4.90 Å². The van der Waals surface area contributed by atoms with Crippen LogP contribution in [0.15, 0.2) is 25.3 Å². The molecule has 0 N–H and O–H groups in total. The Balaban J connectivity index is 3.73. The molecule has 1 unspecified atom stereocenters. The lowest BCUT2D eigenvalue weighted by atomic mass is 9.96. The van der Waals surface area contributed by atoms with Crippen molar-refractivity contribution < 1.29 is 0 Å². The van der Waals surface area contributed by atoms with Crippen LogP contribution in [0.1, 0.15) is 51.4 Å². The maximum atomic E-state index is 5.47. The number of nitrogens with zero attached hydrogens (tertiary/aromatic N) is 1. The van der Waals surface area contributed by atoms with Gasteiger partial charge in [0, 0.05) is 20.0 Å². The molecule has 2 heteroatoms. The largest absolute Gasteiger partial charge is 0.372 e. The topological polar surface area (TPSA) is 3.24 Å². The summed E-state index contributed by atoms with van der Waals surface area (Å²) in [6, 6.07) is 0. The molecular weight excluding hydrogens is 238 g/mol. The summed E-state index contributed by atoms with van der Waals surface area (Å²) in [5.74, 6) is 0.501. The number of unbranched alkanes of at least 4 members (excludes halogenated alkanes) is 5. The van der Waals surface area contributed by atoms with Crippen molar-refractivity contribution in [2.75, 3.05) is 14.1 Å². The second-order valence-electron chi connectivity index (χ2n) is 5.09. The van der Waals surface area contributed by atoms with Gasteiger partial charge < -0.3 is 4.90 Å². The average molecular weight is 267 g/mol. The molecule has 0 spiro atoms. The smallest absolute Gasteiger partial charge is 0.0808 e. The number of allylic oxidation sites excluding steroid dienone is 2. The maximum absolute atomic E-state index is 5.47. The molecule has 0 aromatic rings. The molecule has 0 aliphatic heterocycles. The second kappa shape index (κ2) is 11.5. The third kappa shape index (κ3) is 8.46. The number of thiocarbonyl (C=S) groups is 1. The Labute approximate surface area is 119 Å². The van der Waals surface area contributed by atoms with Crippen molar-refractivity contribution in [3.63, 3.8) is 0 Å². The second-order valence-corrected chi connectivity index (χ2v) is 5.51. The molecule has 0 heterocycles. The van der Waals surface area contributed by atoms with E-state index in [9.17, 15) is 0 Å². The van der Waals surface area contributed by atoms with Crippen molar-refractivity contribution in [1.29, 1.82) is 0 Å². The molecule has 0 saturated heterocycles. The quantitative estimate of drug-likeness (QED) is 0.295. The molecule has 1 atom stereocenters. The van der Waals surface area contributed by atoms with Gasteiger partial charge in [0.05, 0.1) is 4.99 Å². The highest BCUT2D eigenvalue weighted by atomic mass is 32.1. The van der Waals surface area contributed by atoms with Gasteiger partial charge in [0.1, 0.15) is 0 Å². The molecule has 0 aromatic carbocycles. The number of hydrogen-bond acceptors (Lipinski definition) is 1. The van der Waals surface area contributed by atoms with Crippen LogP contribution < -0.4 is 0 Å². The van der Waals surface area contributed by atoms with Crippen LogP contribution >= 0.6 is 12.2 Å². The molecule has 0 aromatic heterocycles. The summed E-state index contributed by atoms with van der Waals surface area (Å²) in [6.07, 6.45) is 13.9. The summed E-state index contributed by atoms with van der Waals surface area (Å²) in [4.78, 5) is 3.13. The van der Waals surface area contributed by atoms with E-state index in [2.05, 4.69) is 18.1 Å². The Morgan fingerprint density at radius 3 is 2.22 bits per heavy atom. The molecule has 18 heavy (non-hydrogen) atoms. The Kier molecular flexibility index (Phi) is 11.1. The fourth-order valence-electron chi connectivity index (χ4n) is 2.12. The minimum absolute atomic E-state index is 0.501. The van der Waals surface area contributed by atoms with Crippen molar-refractivity contribution in [2.24, 2.45) is 5.92 Å². The van der Waals surface area contributed by atoms with Crippen LogP contribution in [0.3, 0.4) is 0 Å². The Bertz CT molecular complexity index is 245. The van der Waals surface area contributed by atoms with Crippen LogP contribution in [0.5, 0.6) is 0 Å². The summed E-state index contributed by atoms with van der Waals surface area (Å²) < 4.78 is 0. The van der Waals surface area contributed by atoms with Crippen LogP contribution in [-0.4, -0.2) is 24.0 Å². The van der Waals surface area contributed by atoms with E-state index in [-0.39, 0.29) is 0 Å². The summed E-state index contributed by atoms with van der Waals surface area (Å²) in [5, 5.41) is 0. The highest BCUT2D eigenvalue weighted by Gasteiger charge is 2.14. The standard InChI is InChI=1S/C16H29NS/c1-5-7-8-9-10-11-12-14-15(13-6-2)16(18)17(3)4/h5-6,15H,1-2,7-14H2,3-4H3. The number of rotatable bonds is 11. The monoisotopic (exact) mass is 267 g/mol. The zero-order chi connectivity index (χ0) is 13.8. The predicted molar refractivity (Wildman–Crippen MR) is 87.1 cm³/mol. The SMILES string of the molecule is C=CCCCCCCCC(CC=C)C(=S)N(C)C. The van der Waals surface area contributed by atoms with Gasteiger partial charge in [-0.15, -0.1) is 13.2 Å². The van der Waals surface area contributed by atoms with Crippen LogP contribution in [-0.2, 0) is 0 Å². The lowest BCUT2D eigenvalue weighted by Crippen LogP contribution is -2.27. The third-order valence-electron chi connectivity index (χ3n) is 3.20. The van der Waals surface area contributed by atoms with Crippen molar-refractivity contribution in [2.45, 2.75) is 51.4 Å². The molecule has 1 nitrogen and oxygen atoms in total. The van der Waals surface area contributed by atoms with E-state index < -0.39 is 0 Å². The zero-order valence-electron chi connectivity index (χ0n) is 12.2. The van der Waals surface area contributed by atoms with Crippen LogP contribution in [0.4, 0.5) is 0 Å². The Morgan fingerprint density at radius 1 is 1.06 bits per heavy atom. The first kappa shape index (κ1) is 17.4. The van der Waals surface area contributed by atoms with Gasteiger partial charge in [0.2, 0.25) is 0 Å². The van der Waals surface area contributed by atoms with Crippen LogP contribution in [0.2, 0.25) is 0 Å². The fraction of sp³-hybridized carbons (Fsp3) is 0.688. The fourth-order valence-corrected chi connectivity index (χ4v) is 2.33. The molecule has 0 bridgehead atoms. The van der Waals surface area contributed by atoms with Gasteiger partial charge in [-0.05, 0) is 25.7 Å². The van der Waals surface area contributed by atoms with E-state index in [0.29, 0.717) is 5.92 Å². The van der Waals surface area contributed by atoms with Gasteiger partial charge in [-0.25, -0.2) is 0 Å². The molecule has 0 amide bonds. The van der Waals surface area contributed by atoms with Gasteiger partial charge in [0.25, 0.3) is 0 Å². The molecule has 0 rings (SSSR count). The first-order chi connectivity index (χ1) is 8.63. The van der Waals surface area contributed by atoms with Gasteiger partial charge in [-0.3, -0.25) is 0 Å². The molecule has 0 saturated carbocycles. The molecule has 104 valence electrons. The highest BCUT2D eigenvalue weighted by molar-refractivity contribution is 7.80. The van der Waals surface area contributed by atoms with E-state index in [1.54, 1.807) is 0 Å². The van der Waals surface area contributed by atoms with Gasteiger partial charge in [-0.1, -0.05) is 50.1 Å². The van der Waals surface area contributed by atoms with E-state index in [4.69, 9.17) is 12.2 Å². The van der Waals surface area contributed by atoms with E-state index in [0.717, 1.165) is 17.8 Å². The summed E-state index contributed by atoms with van der Waals surface area (Å²) in [6.45, 7) is 7.58. The van der Waals surface area contributed by atoms with E-state index >= 15 is 0 Å². The van der Waals surface area contributed by atoms with Crippen molar-refractivity contribution in [3.8, 4) is 0 Å². The molecular formula is C16H29NS. The first-order valence-corrected chi connectivity index (χ1v) is 7.47. The Morgan fingerprint density at radius 2 is 1.67 bits per heavy atom. The van der Waals surface area contributed by atoms with Gasteiger partial charge >= 0.3 is 0 Å². The lowest BCUT2D eigenvalue weighted by molar-refractivity contribution is 0.501. The molecule has 0 aliphatic carbocycles. The maximum Gasteiger partial charge on any atom is 0.0808 e. The summed E-state index contributed by atoms with van der Waals surface area (Å²) >= 11 is 5.47.